The standard InChI is InChI=1S/C16H19FN6O5/c1-3-5-22(14(25)26)12-15(27,4-2)13(28-16(12,17)6-24)23-8-21-9-10(18)19-7-20-11(9)23/h2,7-8,12-13,24,27H,3,5-6H2,1H3,(H,25,26)(H2,18,19,20)/t12-,13+,15+,16-/m0/s1. The van der Waals surface area contributed by atoms with Gasteiger partial charge in [-0.1, -0.05) is 12.8 Å². The molecule has 3 heterocycles. The Morgan fingerprint density at radius 2 is 2.25 bits per heavy atom. The number of imidazole rings is 1. The summed E-state index contributed by atoms with van der Waals surface area (Å²) in [6.07, 6.45) is 4.94. The smallest absolute Gasteiger partial charge is 0.407 e. The van der Waals surface area contributed by atoms with Crippen molar-refractivity contribution in [3.05, 3.63) is 12.7 Å². The highest BCUT2D eigenvalue weighted by atomic mass is 19.2. The van der Waals surface area contributed by atoms with E-state index < -0.39 is 36.4 Å². The lowest BCUT2D eigenvalue weighted by molar-refractivity contribution is -0.194. The molecule has 11 nitrogen and oxygen atoms in total. The van der Waals surface area contributed by atoms with Gasteiger partial charge in [0.15, 0.2) is 23.3 Å². The largest absolute Gasteiger partial charge is 0.465 e. The van der Waals surface area contributed by atoms with Gasteiger partial charge in [-0.05, 0) is 6.42 Å². The molecule has 12 heteroatoms. The van der Waals surface area contributed by atoms with E-state index in [4.69, 9.17) is 16.9 Å². The molecule has 0 spiro atoms. The van der Waals surface area contributed by atoms with E-state index in [2.05, 4.69) is 15.0 Å². The van der Waals surface area contributed by atoms with Crippen molar-refractivity contribution in [1.82, 2.24) is 24.4 Å². The minimum absolute atomic E-state index is 0.0364. The molecule has 0 aromatic carbocycles. The van der Waals surface area contributed by atoms with Gasteiger partial charge in [-0.25, -0.2) is 24.1 Å². The van der Waals surface area contributed by atoms with Crippen LogP contribution in [0.4, 0.5) is 15.0 Å². The van der Waals surface area contributed by atoms with E-state index in [-0.39, 0.29) is 23.5 Å². The molecule has 1 amide bonds. The number of aliphatic hydroxyl groups excluding tert-OH is 1. The molecule has 2 aromatic rings. The van der Waals surface area contributed by atoms with Crippen LogP contribution in [-0.2, 0) is 4.74 Å². The summed E-state index contributed by atoms with van der Waals surface area (Å²) in [7, 11) is 0. The van der Waals surface area contributed by atoms with Crippen LogP contribution in [-0.4, -0.2) is 76.5 Å². The number of anilines is 1. The number of fused-ring (bicyclic) bond motifs is 1. The third kappa shape index (κ3) is 2.71. The molecule has 3 rings (SSSR count). The number of hydrogen-bond acceptors (Lipinski definition) is 8. The summed E-state index contributed by atoms with van der Waals surface area (Å²) in [5.41, 5.74) is 3.49. The Balaban J connectivity index is 2.19. The number of amides is 1. The number of ether oxygens (including phenoxy) is 1. The summed E-state index contributed by atoms with van der Waals surface area (Å²) in [6, 6.07) is -1.91. The van der Waals surface area contributed by atoms with Gasteiger partial charge in [0.05, 0.1) is 6.33 Å². The summed E-state index contributed by atoms with van der Waals surface area (Å²) in [4.78, 5) is 24.1. The van der Waals surface area contributed by atoms with Gasteiger partial charge in [-0.2, -0.15) is 0 Å². The first kappa shape index (κ1) is 19.7. The van der Waals surface area contributed by atoms with Gasteiger partial charge < -0.3 is 25.8 Å². The fraction of sp³-hybridized carbons (Fsp3) is 0.500. The Bertz CT molecular complexity index is 947. The highest BCUT2D eigenvalue weighted by Crippen LogP contribution is 2.48. The van der Waals surface area contributed by atoms with Gasteiger partial charge in [0.25, 0.3) is 5.85 Å². The number of aliphatic hydroxyl groups is 2. The van der Waals surface area contributed by atoms with Crippen molar-refractivity contribution in [1.29, 1.82) is 0 Å². The van der Waals surface area contributed by atoms with Crippen LogP contribution in [0.3, 0.4) is 0 Å². The Hall–Kier alpha value is -3.01. The fourth-order valence-corrected chi connectivity index (χ4v) is 3.43. The first-order valence-corrected chi connectivity index (χ1v) is 8.33. The number of aromatic nitrogens is 4. The number of halogens is 1. The molecule has 1 saturated heterocycles. The van der Waals surface area contributed by atoms with Gasteiger partial charge in [0.2, 0.25) is 0 Å². The molecule has 4 atom stereocenters. The van der Waals surface area contributed by atoms with Gasteiger partial charge in [0, 0.05) is 6.54 Å². The zero-order chi connectivity index (χ0) is 20.7. The average molecular weight is 394 g/mol. The second-order valence-corrected chi connectivity index (χ2v) is 6.35. The van der Waals surface area contributed by atoms with E-state index in [1.54, 1.807) is 6.92 Å². The van der Waals surface area contributed by atoms with Crippen molar-refractivity contribution in [3.8, 4) is 12.3 Å². The topological polar surface area (TPSA) is 160 Å². The predicted molar refractivity (Wildman–Crippen MR) is 93.4 cm³/mol. The average Bonchev–Trinajstić information content (AvgIpc) is 3.19. The molecule has 28 heavy (non-hydrogen) atoms. The molecule has 1 aliphatic heterocycles. The summed E-state index contributed by atoms with van der Waals surface area (Å²) in [6.45, 7) is 0.279. The van der Waals surface area contributed by atoms with Crippen molar-refractivity contribution in [2.75, 3.05) is 18.9 Å². The molecule has 1 fully saturated rings. The highest BCUT2D eigenvalue weighted by molar-refractivity contribution is 5.81. The summed E-state index contributed by atoms with van der Waals surface area (Å²) in [5.74, 6) is -0.899. The Labute approximate surface area is 158 Å². The Morgan fingerprint density at radius 1 is 1.54 bits per heavy atom. The minimum Gasteiger partial charge on any atom is -0.465 e. The molecule has 0 bridgehead atoms. The van der Waals surface area contributed by atoms with E-state index in [1.807, 2.05) is 5.92 Å². The van der Waals surface area contributed by atoms with Crippen LogP contribution in [0.15, 0.2) is 12.7 Å². The second-order valence-electron chi connectivity index (χ2n) is 6.35. The molecule has 0 aliphatic carbocycles. The minimum atomic E-state index is -2.98. The number of carbonyl (C=O) groups is 1. The van der Waals surface area contributed by atoms with Crippen LogP contribution >= 0.6 is 0 Å². The van der Waals surface area contributed by atoms with Crippen molar-refractivity contribution in [2.45, 2.75) is 37.1 Å². The lowest BCUT2D eigenvalue weighted by Gasteiger charge is -2.37. The summed E-state index contributed by atoms with van der Waals surface area (Å²) >= 11 is 0. The van der Waals surface area contributed by atoms with Gasteiger partial charge >= 0.3 is 6.09 Å². The summed E-state index contributed by atoms with van der Waals surface area (Å²) in [5, 5.41) is 30.3. The predicted octanol–water partition coefficient (Wildman–Crippen LogP) is -0.282. The van der Waals surface area contributed by atoms with Crippen molar-refractivity contribution < 1.29 is 29.2 Å². The molecule has 0 unspecified atom stereocenters. The molecular weight excluding hydrogens is 375 g/mol. The number of alkyl halides is 1. The molecule has 5 N–H and O–H groups in total. The normalized spacial score (nSPS) is 29.7. The van der Waals surface area contributed by atoms with Gasteiger partial charge in [0.1, 0.15) is 24.5 Å². The number of hydrogen-bond donors (Lipinski definition) is 4. The van der Waals surface area contributed by atoms with Crippen LogP contribution in [0.25, 0.3) is 11.2 Å². The molecule has 2 aromatic heterocycles. The number of rotatable bonds is 5. The number of nitrogen functional groups attached to an aromatic ring is 1. The second kappa shape index (κ2) is 6.86. The SMILES string of the molecule is C#C[C@]1(O)[C@H](n2cnc3c(N)ncnc32)O[C@@](F)(CO)[C@H]1N(CCC)C(=O)O. The molecule has 1 aliphatic rings. The molecule has 0 saturated carbocycles. The van der Waals surface area contributed by atoms with Crippen molar-refractivity contribution in [2.24, 2.45) is 0 Å². The van der Waals surface area contributed by atoms with Crippen LogP contribution in [0, 0.1) is 12.3 Å². The molecule has 150 valence electrons. The highest BCUT2D eigenvalue weighted by Gasteiger charge is 2.68. The quantitative estimate of drug-likeness (QED) is 0.500. The molecular formula is C16H19FN6O5. The summed E-state index contributed by atoms with van der Waals surface area (Å²) < 4.78 is 21.9. The van der Waals surface area contributed by atoms with Crippen molar-refractivity contribution >= 4 is 23.1 Å². The van der Waals surface area contributed by atoms with Crippen LogP contribution in [0.5, 0.6) is 0 Å². The van der Waals surface area contributed by atoms with Crippen LogP contribution < -0.4 is 5.73 Å². The Morgan fingerprint density at radius 3 is 2.82 bits per heavy atom. The monoisotopic (exact) mass is 394 g/mol. The first-order chi connectivity index (χ1) is 13.2. The fourth-order valence-electron chi connectivity index (χ4n) is 3.43. The molecule has 0 radical (unpaired) electrons. The van der Waals surface area contributed by atoms with Gasteiger partial charge in [-0.15, -0.1) is 6.42 Å². The number of nitrogens with two attached hydrogens (primary N) is 1. The van der Waals surface area contributed by atoms with E-state index in [0.29, 0.717) is 11.3 Å². The lowest BCUT2D eigenvalue weighted by Crippen LogP contribution is -2.61. The maximum absolute atomic E-state index is 15.5. The number of terminal acetylenes is 1. The lowest BCUT2D eigenvalue weighted by atomic mass is 9.89. The zero-order valence-corrected chi connectivity index (χ0v) is 14.9. The Kier molecular flexibility index (Phi) is 4.84. The van der Waals surface area contributed by atoms with Gasteiger partial charge in [-0.3, -0.25) is 9.47 Å². The van der Waals surface area contributed by atoms with E-state index in [0.717, 1.165) is 17.2 Å². The first-order valence-electron chi connectivity index (χ1n) is 8.33. The zero-order valence-electron chi connectivity index (χ0n) is 14.9. The van der Waals surface area contributed by atoms with Crippen LogP contribution in [0.1, 0.15) is 19.6 Å². The third-order valence-electron chi connectivity index (χ3n) is 4.62. The third-order valence-corrected chi connectivity index (χ3v) is 4.62. The van der Waals surface area contributed by atoms with E-state index in [1.165, 1.54) is 0 Å². The maximum atomic E-state index is 15.5. The van der Waals surface area contributed by atoms with Crippen LogP contribution in [0.2, 0.25) is 0 Å². The van der Waals surface area contributed by atoms with E-state index >= 15 is 4.39 Å². The maximum Gasteiger partial charge on any atom is 0.407 e. The van der Waals surface area contributed by atoms with E-state index in [9.17, 15) is 20.1 Å². The number of nitrogens with zero attached hydrogens (tertiary/aromatic N) is 5. The number of carboxylic acid groups (broad SMARTS) is 1. The van der Waals surface area contributed by atoms with Crippen molar-refractivity contribution in [3.63, 3.8) is 0 Å².